The highest BCUT2D eigenvalue weighted by molar-refractivity contribution is 5.92. The lowest BCUT2D eigenvalue weighted by Gasteiger charge is -2.21. The van der Waals surface area contributed by atoms with Gasteiger partial charge in [0.25, 0.3) is 0 Å². The number of piperidine rings is 1. The first-order valence-corrected chi connectivity index (χ1v) is 6.21. The lowest BCUT2D eigenvalue weighted by atomic mass is 9.99. The first-order valence-electron chi connectivity index (χ1n) is 6.21. The van der Waals surface area contributed by atoms with E-state index in [0.717, 1.165) is 19.4 Å². The van der Waals surface area contributed by atoms with E-state index in [-0.39, 0.29) is 30.0 Å². The maximum Gasteiger partial charge on any atom is 0.387 e. The summed E-state index contributed by atoms with van der Waals surface area (Å²) in [6, 6.07) is 5.90. The molecule has 1 saturated heterocycles. The van der Waals surface area contributed by atoms with Gasteiger partial charge in [-0.05, 0) is 43.7 Å². The highest BCUT2D eigenvalue weighted by atomic mass is 35.5. The van der Waals surface area contributed by atoms with Gasteiger partial charge >= 0.3 is 6.61 Å². The zero-order valence-electron chi connectivity index (χ0n) is 10.8. The van der Waals surface area contributed by atoms with Crippen LogP contribution in [0.25, 0.3) is 0 Å². The standard InChI is InChI=1S/C13H16F2N2O2.ClH/c14-13(15)19-11-5-3-10(4-6-11)17-12(18)9-2-1-7-16-8-9;/h3-6,9,13,16H,1-2,7-8H2,(H,17,18);1H. The number of alkyl halides is 2. The Morgan fingerprint density at radius 3 is 2.60 bits per heavy atom. The van der Waals surface area contributed by atoms with Crippen molar-refractivity contribution in [3.8, 4) is 5.75 Å². The van der Waals surface area contributed by atoms with Gasteiger partial charge in [0.05, 0.1) is 5.92 Å². The van der Waals surface area contributed by atoms with E-state index in [0.29, 0.717) is 12.2 Å². The quantitative estimate of drug-likeness (QED) is 0.899. The number of anilines is 1. The van der Waals surface area contributed by atoms with Crippen LogP contribution in [0.2, 0.25) is 0 Å². The largest absolute Gasteiger partial charge is 0.435 e. The van der Waals surface area contributed by atoms with Crippen LogP contribution in [0.4, 0.5) is 14.5 Å². The number of ether oxygens (including phenoxy) is 1. The van der Waals surface area contributed by atoms with Crippen molar-refractivity contribution in [2.45, 2.75) is 19.5 Å². The summed E-state index contributed by atoms with van der Waals surface area (Å²) < 4.78 is 28.2. The Morgan fingerprint density at radius 1 is 1.35 bits per heavy atom. The summed E-state index contributed by atoms with van der Waals surface area (Å²) >= 11 is 0. The van der Waals surface area contributed by atoms with Gasteiger partial charge in [-0.3, -0.25) is 4.79 Å². The summed E-state index contributed by atoms with van der Waals surface area (Å²) in [5, 5.41) is 5.94. The molecule has 1 amide bonds. The fourth-order valence-electron chi connectivity index (χ4n) is 2.04. The van der Waals surface area contributed by atoms with Crippen LogP contribution in [0.5, 0.6) is 5.75 Å². The molecule has 2 rings (SSSR count). The third kappa shape index (κ3) is 4.94. The van der Waals surface area contributed by atoms with Gasteiger partial charge < -0.3 is 15.4 Å². The molecular weight excluding hydrogens is 290 g/mol. The Hall–Kier alpha value is -1.40. The Labute approximate surface area is 122 Å². The summed E-state index contributed by atoms with van der Waals surface area (Å²) in [6.45, 7) is -1.21. The van der Waals surface area contributed by atoms with Crippen LogP contribution in [0.1, 0.15) is 12.8 Å². The summed E-state index contributed by atoms with van der Waals surface area (Å²) in [6.07, 6.45) is 1.85. The number of benzene rings is 1. The van der Waals surface area contributed by atoms with Crippen LogP contribution in [0.15, 0.2) is 24.3 Å². The monoisotopic (exact) mass is 306 g/mol. The van der Waals surface area contributed by atoms with Crippen LogP contribution in [-0.4, -0.2) is 25.6 Å². The molecule has 1 aliphatic heterocycles. The number of carbonyl (C=O) groups excluding carboxylic acids is 1. The van der Waals surface area contributed by atoms with Crippen molar-refractivity contribution in [3.05, 3.63) is 24.3 Å². The van der Waals surface area contributed by atoms with Crippen LogP contribution >= 0.6 is 12.4 Å². The van der Waals surface area contributed by atoms with E-state index < -0.39 is 6.61 Å². The molecule has 20 heavy (non-hydrogen) atoms. The minimum Gasteiger partial charge on any atom is -0.435 e. The Bertz CT molecular complexity index is 423. The fourth-order valence-corrected chi connectivity index (χ4v) is 2.04. The van der Waals surface area contributed by atoms with Gasteiger partial charge in [0.2, 0.25) is 5.91 Å². The minimum absolute atomic E-state index is 0. The number of halogens is 3. The van der Waals surface area contributed by atoms with Gasteiger partial charge in [-0.25, -0.2) is 0 Å². The maximum atomic E-state index is 12.0. The minimum atomic E-state index is -2.84. The molecule has 0 radical (unpaired) electrons. The molecule has 1 aliphatic rings. The average Bonchev–Trinajstić information content (AvgIpc) is 2.41. The zero-order valence-corrected chi connectivity index (χ0v) is 11.6. The molecule has 2 N–H and O–H groups in total. The van der Waals surface area contributed by atoms with E-state index in [1.54, 1.807) is 12.1 Å². The van der Waals surface area contributed by atoms with Crippen LogP contribution in [0, 0.1) is 5.92 Å². The SMILES string of the molecule is Cl.O=C(Nc1ccc(OC(F)F)cc1)C1CCCNC1. The first-order chi connectivity index (χ1) is 9.15. The smallest absolute Gasteiger partial charge is 0.387 e. The van der Waals surface area contributed by atoms with Gasteiger partial charge in [0, 0.05) is 12.2 Å². The topological polar surface area (TPSA) is 50.4 Å². The molecule has 4 nitrogen and oxygen atoms in total. The number of amides is 1. The molecule has 1 aromatic carbocycles. The average molecular weight is 307 g/mol. The van der Waals surface area contributed by atoms with Gasteiger partial charge in [-0.15, -0.1) is 12.4 Å². The van der Waals surface area contributed by atoms with E-state index in [2.05, 4.69) is 15.4 Å². The molecule has 0 saturated carbocycles. The second-order valence-electron chi connectivity index (χ2n) is 4.44. The molecule has 0 aromatic heterocycles. The molecule has 112 valence electrons. The summed E-state index contributed by atoms with van der Waals surface area (Å²) in [5.41, 5.74) is 0.581. The van der Waals surface area contributed by atoms with Gasteiger partial charge in [-0.2, -0.15) is 8.78 Å². The Balaban J connectivity index is 0.00000200. The van der Waals surface area contributed by atoms with E-state index in [9.17, 15) is 13.6 Å². The Morgan fingerprint density at radius 2 is 2.05 bits per heavy atom. The number of hydrogen-bond acceptors (Lipinski definition) is 3. The van der Waals surface area contributed by atoms with E-state index >= 15 is 0 Å². The second-order valence-corrected chi connectivity index (χ2v) is 4.44. The van der Waals surface area contributed by atoms with Crippen molar-refractivity contribution >= 4 is 24.0 Å². The van der Waals surface area contributed by atoms with Crippen LogP contribution in [0.3, 0.4) is 0 Å². The van der Waals surface area contributed by atoms with Crippen molar-refractivity contribution < 1.29 is 18.3 Å². The third-order valence-electron chi connectivity index (χ3n) is 3.01. The van der Waals surface area contributed by atoms with Crippen LogP contribution < -0.4 is 15.4 Å². The van der Waals surface area contributed by atoms with Crippen LogP contribution in [-0.2, 0) is 4.79 Å². The number of carbonyl (C=O) groups is 1. The predicted octanol–water partition coefficient (Wildman–Crippen LogP) is 2.65. The first kappa shape index (κ1) is 16.7. The van der Waals surface area contributed by atoms with Crippen molar-refractivity contribution in [2.75, 3.05) is 18.4 Å². The van der Waals surface area contributed by atoms with Gasteiger partial charge in [0.15, 0.2) is 0 Å². The third-order valence-corrected chi connectivity index (χ3v) is 3.01. The molecule has 1 fully saturated rings. The summed E-state index contributed by atoms with van der Waals surface area (Å²) in [5.74, 6) is -0.00667. The lowest BCUT2D eigenvalue weighted by molar-refractivity contribution is -0.120. The summed E-state index contributed by atoms with van der Waals surface area (Å²) in [7, 11) is 0. The zero-order chi connectivity index (χ0) is 13.7. The fraction of sp³-hybridized carbons (Fsp3) is 0.462. The molecule has 0 spiro atoms. The lowest BCUT2D eigenvalue weighted by Crippen LogP contribution is -2.37. The normalized spacial score (nSPS) is 18.2. The van der Waals surface area contributed by atoms with Crippen molar-refractivity contribution in [1.29, 1.82) is 0 Å². The number of hydrogen-bond donors (Lipinski definition) is 2. The number of nitrogens with one attached hydrogen (secondary N) is 2. The molecule has 1 aromatic rings. The van der Waals surface area contributed by atoms with Crippen molar-refractivity contribution in [3.63, 3.8) is 0 Å². The highest BCUT2D eigenvalue weighted by Gasteiger charge is 2.20. The van der Waals surface area contributed by atoms with E-state index in [1.807, 2.05) is 0 Å². The molecule has 1 atom stereocenters. The molecule has 7 heteroatoms. The molecule has 1 heterocycles. The molecular formula is C13H17ClF2N2O2. The number of rotatable bonds is 4. The molecule has 0 aliphatic carbocycles. The molecule has 1 unspecified atom stereocenters. The Kier molecular flexibility index (Phi) is 6.67. The van der Waals surface area contributed by atoms with Gasteiger partial charge in [-0.1, -0.05) is 0 Å². The predicted molar refractivity (Wildman–Crippen MR) is 74.5 cm³/mol. The van der Waals surface area contributed by atoms with Gasteiger partial charge in [0.1, 0.15) is 5.75 Å². The van der Waals surface area contributed by atoms with E-state index in [4.69, 9.17) is 0 Å². The second kappa shape index (κ2) is 8.01. The maximum absolute atomic E-state index is 12.0. The molecule has 0 bridgehead atoms. The van der Waals surface area contributed by atoms with E-state index in [1.165, 1.54) is 12.1 Å². The summed E-state index contributed by atoms with van der Waals surface area (Å²) in [4.78, 5) is 11.9. The van der Waals surface area contributed by atoms with Crippen molar-refractivity contribution in [2.24, 2.45) is 5.92 Å². The highest BCUT2D eigenvalue weighted by Crippen LogP contribution is 2.19. The van der Waals surface area contributed by atoms with Crippen molar-refractivity contribution in [1.82, 2.24) is 5.32 Å².